The number of aryl methyl sites for hydroxylation is 1. The second-order valence-electron chi connectivity index (χ2n) is 6.34. The van der Waals surface area contributed by atoms with E-state index in [4.69, 9.17) is 11.6 Å². The van der Waals surface area contributed by atoms with Crippen LogP contribution in [-0.4, -0.2) is 29.9 Å². The average Bonchev–Trinajstić information content (AvgIpc) is 2.90. The van der Waals surface area contributed by atoms with Crippen molar-refractivity contribution in [2.45, 2.75) is 46.2 Å². The summed E-state index contributed by atoms with van der Waals surface area (Å²) in [5.74, 6) is 0.647. The van der Waals surface area contributed by atoms with Crippen LogP contribution in [0.4, 0.5) is 0 Å². The van der Waals surface area contributed by atoms with Gasteiger partial charge in [-0.1, -0.05) is 31.5 Å². The first-order chi connectivity index (χ1) is 9.97. The van der Waals surface area contributed by atoms with Gasteiger partial charge in [-0.05, 0) is 49.1 Å². The molecule has 0 aliphatic carbocycles. The zero-order chi connectivity index (χ0) is 15.4. The third-order valence-corrected chi connectivity index (χ3v) is 4.26. The Morgan fingerprint density at radius 3 is 2.81 bits per heavy atom. The summed E-state index contributed by atoms with van der Waals surface area (Å²) < 4.78 is 0. The maximum atomic E-state index is 12.6. The first kappa shape index (κ1) is 16.3. The molecule has 3 nitrogen and oxygen atoms in total. The molecule has 4 heteroatoms. The number of halogens is 1. The lowest BCUT2D eigenvalue weighted by Crippen LogP contribution is -2.41. The van der Waals surface area contributed by atoms with Crippen molar-refractivity contribution in [3.63, 3.8) is 0 Å². The van der Waals surface area contributed by atoms with Crippen LogP contribution >= 0.6 is 11.6 Å². The Morgan fingerprint density at radius 2 is 2.24 bits per heavy atom. The lowest BCUT2D eigenvalue weighted by molar-refractivity contribution is -0.134. The van der Waals surface area contributed by atoms with Crippen molar-refractivity contribution in [3.05, 3.63) is 34.3 Å². The predicted octanol–water partition coefficient (Wildman–Crippen LogP) is 3.39. The number of nitrogens with zero attached hydrogens (tertiary/aromatic N) is 1. The van der Waals surface area contributed by atoms with Crippen molar-refractivity contribution in [3.8, 4) is 0 Å². The van der Waals surface area contributed by atoms with Gasteiger partial charge < -0.3 is 10.2 Å². The standard InChI is InChI=1S/C17H25ClN2O/c1-12(2)8-17(21)20(16-6-7-19-10-16)11-14-4-5-15(18)9-13(14)3/h4-5,9,12,16,19H,6-8,10-11H2,1-3H3/t16-/m0/s1. The van der Waals surface area contributed by atoms with Crippen LogP contribution in [0.2, 0.25) is 5.02 Å². The topological polar surface area (TPSA) is 32.3 Å². The maximum absolute atomic E-state index is 12.6. The number of nitrogens with one attached hydrogen (secondary N) is 1. The predicted molar refractivity (Wildman–Crippen MR) is 87.5 cm³/mol. The fraction of sp³-hybridized carbons (Fsp3) is 0.588. The summed E-state index contributed by atoms with van der Waals surface area (Å²) in [6, 6.07) is 6.22. The second kappa shape index (κ2) is 7.28. The number of amides is 1. The van der Waals surface area contributed by atoms with Gasteiger partial charge in [0.25, 0.3) is 0 Å². The first-order valence-corrected chi connectivity index (χ1v) is 8.10. The molecule has 0 unspecified atom stereocenters. The maximum Gasteiger partial charge on any atom is 0.223 e. The van der Waals surface area contributed by atoms with E-state index in [1.54, 1.807) is 0 Å². The molecule has 1 aliphatic heterocycles. The van der Waals surface area contributed by atoms with E-state index in [0.29, 0.717) is 24.9 Å². The van der Waals surface area contributed by atoms with Gasteiger partial charge in [0.15, 0.2) is 0 Å². The van der Waals surface area contributed by atoms with Crippen LogP contribution < -0.4 is 5.32 Å². The van der Waals surface area contributed by atoms with Crippen LogP contribution in [0.15, 0.2) is 18.2 Å². The molecule has 1 aromatic rings. The van der Waals surface area contributed by atoms with Gasteiger partial charge in [-0.15, -0.1) is 0 Å². The zero-order valence-corrected chi connectivity index (χ0v) is 13.9. The molecule has 0 aromatic heterocycles. The number of carbonyl (C=O) groups excluding carboxylic acids is 1. The van der Waals surface area contributed by atoms with Crippen molar-refractivity contribution in [1.82, 2.24) is 10.2 Å². The molecule has 1 aliphatic rings. The molecule has 2 rings (SSSR count). The molecule has 1 fully saturated rings. The Kier molecular flexibility index (Phi) is 5.65. The van der Waals surface area contributed by atoms with Crippen LogP contribution in [0.1, 0.15) is 37.8 Å². The van der Waals surface area contributed by atoms with Gasteiger partial charge in [-0.2, -0.15) is 0 Å². The fourth-order valence-electron chi connectivity index (χ4n) is 2.81. The van der Waals surface area contributed by atoms with Gasteiger partial charge in [0.2, 0.25) is 5.91 Å². The number of hydrogen-bond donors (Lipinski definition) is 1. The van der Waals surface area contributed by atoms with Gasteiger partial charge in [0, 0.05) is 30.6 Å². The van der Waals surface area contributed by atoms with E-state index in [1.165, 1.54) is 5.56 Å². The highest BCUT2D eigenvalue weighted by atomic mass is 35.5. The molecule has 0 saturated carbocycles. The molecule has 0 spiro atoms. The summed E-state index contributed by atoms with van der Waals surface area (Å²) in [6.07, 6.45) is 1.65. The Labute approximate surface area is 132 Å². The molecule has 1 saturated heterocycles. The second-order valence-corrected chi connectivity index (χ2v) is 6.77. The molecule has 0 bridgehead atoms. The highest BCUT2D eigenvalue weighted by Gasteiger charge is 2.27. The van der Waals surface area contributed by atoms with E-state index >= 15 is 0 Å². The van der Waals surface area contributed by atoms with E-state index in [2.05, 4.69) is 31.0 Å². The van der Waals surface area contributed by atoms with E-state index in [0.717, 1.165) is 30.1 Å². The molecular weight excluding hydrogens is 284 g/mol. The van der Waals surface area contributed by atoms with E-state index in [9.17, 15) is 4.79 Å². The Balaban J connectivity index is 2.16. The van der Waals surface area contributed by atoms with Crippen molar-refractivity contribution < 1.29 is 4.79 Å². The molecule has 1 N–H and O–H groups in total. The minimum atomic E-state index is 0.257. The molecule has 0 radical (unpaired) electrons. The molecule has 1 aromatic carbocycles. The fourth-order valence-corrected chi connectivity index (χ4v) is 3.04. The molecular formula is C17H25ClN2O. The Bertz CT molecular complexity index is 496. The Morgan fingerprint density at radius 1 is 1.48 bits per heavy atom. The molecule has 1 amide bonds. The molecule has 116 valence electrons. The smallest absolute Gasteiger partial charge is 0.223 e. The summed E-state index contributed by atoms with van der Waals surface area (Å²) in [5.41, 5.74) is 2.33. The van der Waals surface area contributed by atoms with Gasteiger partial charge >= 0.3 is 0 Å². The zero-order valence-electron chi connectivity index (χ0n) is 13.2. The van der Waals surface area contributed by atoms with E-state index in [-0.39, 0.29) is 5.91 Å². The van der Waals surface area contributed by atoms with Gasteiger partial charge in [0.05, 0.1) is 0 Å². The number of benzene rings is 1. The van der Waals surface area contributed by atoms with E-state index < -0.39 is 0 Å². The normalized spacial score (nSPS) is 18.2. The average molecular weight is 309 g/mol. The van der Waals surface area contributed by atoms with Gasteiger partial charge in [-0.3, -0.25) is 4.79 Å². The third-order valence-electron chi connectivity index (χ3n) is 4.02. The number of rotatable bonds is 5. The van der Waals surface area contributed by atoms with Crippen molar-refractivity contribution >= 4 is 17.5 Å². The number of carbonyl (C=O) groups is 1. The minimum absolute atomic E-state index is 0.257. The summed E-state index contributed by atoms with van der Waals surface area (Å²) in [7, 11) is 0. The summed E-state index contributed by atoms with van der Waals surface area (Å²) in [6.45, 7) is 8.82. The third kappa shape index (κ3) is 4.45. The van der Waals surface area contributed by atoms with Crippen molar-refractivity contribution in [2.75, 3.05) is 13.1 Å². The summed E-state index contributed by atoms with van der Waals surface area (Å²) in [5, 5.41) is 4.10. The summed E-state index contributed by atoms with van der Waals surface area (Å²) in [4.78, 5) is 14.6. The monoisotopic (exact) mass is 308 g/mol. The van der Waals surface area contributed by atoms with Crippen LogP contribution in [0.5, 0.6) is 0 Å². The van der Waals surface area contributed by atoms with E-state index in [1.807, 2.05) is 18.2 Å². The Hall–Kier alpha value is -1.06. The highest BCUT2D eigenvalue weighted by molar-refractivity contribution is 6.30. The van der Waals surface area contributed by atoms with Crippen molar-refractivity contribution in [1.29, 1.82) is 0 Å². The van der Waals surface area contributed by atoms with Crippen LogP contribution in [0.3, 0.4) is 0 Å². The lowest BCUT2D eigenvalue weighted by Gasteiger charge is -2.30. The molecule has 1 atom stereocenters. The minimum Gasteiger partial charge on any atom is -0.334 e. The van der Waals surface area contributed by atoms with Crippen molar-refractivity contribution in [2.24, 2.45) is 5.92 Å². The lowest BCUT2D eigenvalue weighted by atomic mass is 10.0. The van der Waals surface area contributed by atoms with Crippen LogP contribution in [0, 0.1) is 12.8 Å². The quantitative estimate of drug-likeness (QED) is 0.904. The SMILES string of the molecule is Cc1cc(Cl)ccc1CN(C(=O)CC(C)C)[C@H]1CCNC1. The molecule has 1 heterocycles. The summed E-state index contributed by atoms with van der Waals surface area (Å²) >= 11 is 6.02. The van der Waals surface area contributed by atoms with Gasteiger partial charge in [0.1, 0.15) is 0 Å². The highest BCUT2D eigenvalue weighted by Crippen LogP contribution is 2.21. The first-order valence-electron chi connectivity index (χ1n) is 7.72. The molecule has 21 heavy (non-hydrogen) atoms. The van der Waals surface area contributed by atoms with Crippen LogP contribution in [-0.2, 0) is 11.3 Å². The van der Waals surface area contributed by atoms with Gasteiger partial charge in [-0.25, -0.2) is 0 Å². The van der Waals surface area contributed by atoms with Crippen LogP contribution in [0.25, 0.3) is 0 Å². The number of hydrogen-bond acceptors (Lipinski definition) is 2. The largest absolute Gasteiger partial charge is 0.334 e.